The first-order valence-corrected chi connectivity index (χ1v) is 7.90. The van der Waals surface area contributed by atoms with Crippen LogP contribution in [0.25, 0.3) is 0 Å². The molecule has 0 N–H and O–H groups in total. The fourth-order valence-corrected chi connectivity index (χ4v) is 6.44. The Morgan fingerprint density at radius 1 is 0.895 bits per heavy atom. The van der Waals surface area contributed by atoms with Gasteiger partial charge in [-0.2, -0.15) is 0 Å². The molecule has 8 unspecified atom stereocenters. The molecule has 0 aromatic heterocycles. The van der Waals surface area contributed by atoms with E-state index in [9.17, 15) is 9.59 Å². The van der Waals surface area contributed by atoms with Crippen LogP contribution < -0.4 is 0 Å². The van der Waals surface area contributed by atoms with Gasteiger partial charge in [-0.1, -0.05) is 12.2 Å². The van der Waals surface area contributed by atoms with Crippen molar-refractivity contribution >= 4 is 12.6 Å². The number of hydrogen-bond donors (Lipinski definition) is 0. The summed E-state index contributed by atoms with van der Waals surface area (Å²) in [6.07, 6.45) is 12.2. The molecule has 0 aromatic rings. The van der Waals surface area contributed by atoms with Crippen LogP contribution in [0.3, 0.4) is 0 Å². The molecule has 8 atom stereocenters. The minimum Gasteiger partial charge on any atom is -0.303 e. The van der Waals surface area contributed by atoms with Crippen LogP contribution >= 0.6 is 0 Å². The van der Waals surface area contributed by atoms with E-state index in [0.717, 1.165) is 60.9 Å². The van der Waals surface area contributed by atoms with Gasteiger partial charge in [-0.05, 0) is 66.6 Å². The molecule has 4 aliphatic carbocycles. The Bertz CT molecular complexity index is 427. The van der Waals surface area contributed by atoms with Crippen LogP contribution in [-0.4, -0.2) is 12.6 Å². The largest absolute Gasteiger partial charge is 0.303 e. The zero-order valence-corrected chi connectivity index (χ0v) is 11.3. The summed E-state index contributed by atoms with van der Waals surface area (Å²) in [5.41, 5.74) is 0. The lowest BCUT2D eigenvalue weighted by atomic mass is 9.63. The molecule has 0 heterocycles. The number of allylic oxidation sites excluding steroid dienone is 2. The number of carbonyl (C=O) groups excluding carboxylic acids is 2. The molecular formula is C17H22O2. The molecule has 0 spiro atoms. The molecule has 2 heteroatoms. The summed E-state index contributed by atoms with van der Waals surface area (Å²) >= 11 is 0. The lowest BCUT2D eigenvalue weighted by Gasteiger charge is -2.41. The summed E-state index contributed by atoms with van der Waals surface area (Å²) in [5, 5.41) is 0. The highest BCUT2D eigenvalue weighted by Crippen LogP contribution is 2.69. The highest BCUT2D eigenvalue weighted by molar-refractivity contribution is 5.51. The molecule has 19 heavy (non-hydrogen) atoms. The normalized spacial score (nSPS) is 52.6. The highest BCUT2D eigenvalue weighted by Gasteiger charge is 2.63. The van der Waals surface area contributed by atoms with Gasteiger partial charge >= 0.3 is 0 Å². The quantitative estimate of drug-likeness (QED) is 0.432. The zero-order chi connectivity index (χ0) is 13.0. The maximum Gasteiger partial charge on any atom is 0.120 e. The van der Waals surface area contributed by atoms with E-state index in [-0.39, 0.29) is 0 Å². The Balaban J connectivity index is 1.61. The van der Waals surface area contributed by atoms with Crippen LogP contribution in [0, 0.1) is 47.3 Å². The number of aldehydes is 2. The number of hydrogen-bond acceptors (Lipinski definition) is 2. The minimum absolute atomic E-state index is 0.580. The summed E-state index contributed by atoms with van der Waals surface area (Å²) in [6, 6.07) is 0. The van der Waals surface area contributed by atoms with Crippen LogP contribution in [0.4, 0.5) is 0 Å². The van der Waals surface area contributed by atoms with Crippen molar-refractivity contribution < 1.29 is 9.59 Å². The Morgan fingerprint density at radius 2 is 1.58 bits per heavy atom. The fourth-order valence-electron chi connectivity index (χ4n) is 6.44. The van der Waals surface area contributed by atoms with Gasteiger partial charge in [0, 0.05) is 12.8 Å². The molecule has 0 aliphatic heterocycles. The number of carbonyl (C=O) groups is 2. The first-order chi connectivity index (χ1) is 9.35. The standard InChI is InChI=1S/C17H22O2/c18-6-1-2-12-13(5-7-19)15-9-14(12)16-10-3-4-11(8-10)17(15)16/h3-4,6-7,10-17H,1-2,5,8-9H2. The number of rotatable bonds is 5. The molecular weight excluding hydrogens is 236 g/mol. The van der Waals surface area contributed by atoms with Gasteiger partial charge in [0.2, 0.25) is 0 Å². The lowest BCUT2D eigenvalue weighted by molar-refractivity contribution is -0.110. The van der Waals surface area contributed by atoms with Gasteiger partial charge in [0.15, 0.2) is 0 Å². The Labute approximate surface area is 114 Å². The Morgan fingerprint density at radius 3 is 2.21 bits per heavy atom. The summed E-state index contributed by atoms with van der Waals surface area (Å²) < 4.78 is 0. The summed E-state index contributed by atoms with van der Waals surface area (Å²) in [6.45, 7) is 0. The third-order valence-electron chi connectivity index (χ3n) is 6.75. The Kier molecular flexibility index (Phi) is 2.68. The topological polar surface area (TPSA) is 34.1 Å². The van der Waals surface area contributed by atoms with Crippen LogP contribution in [0.15, 0.2) is 12.2 Å². The van der Waals surface area contributed by atoms with E-state index in [2.05, 4.69) is 12.2 Å². The van der Waals surface area contributed by atoms with Gasteiger partial charge in [0.25, 0.3) is 0 Å². The van der Waals surface area contributed by atoms with Crippen molar-refractivity contribution in [3.8, 4) is 0 Å². The summed E-state index contributed by atoms with van der Waals surface area (Å²) in [7, 11) is 0. The van der Waals surface area contributed by atoms with E-state index in [1.165, 1.54) is 12.8 Å². The van der Waals surface area contributed by atoms with E-state index >= 15 is 0 Å². The lowest BCUT2D eigenvalue weighted by Crippen LogP contribution is -2.37. The van der Waals surface area contributed by atoms with Gasteiger partial charge in [-0.15, -0.1) is 0 Å². The molecule has 0 amide bonds. The van der Waals surface area contributed by atoms with E-state index in [1.807, 2.05) is 0 Å². The van der Waals surface area contributed by atoms with Crippen molar-refractivity contribution in [2.75, 3.05) is 0 Å². The van der Waals surface area contributed by atoms with Crippen LogP contribution in [0.5, 0.6) is 0 Å². The molecule has 2 nitrogen and oxygen atoms in total. The van der Waals surface area contributed by atoms with Gasteiger partial charge in [0.1, 0.15) is 12.6 Å². The van der Waals surface area contributed by atoms with E-state index < -0.39 is 0 Å². The zero-order valence-electron chi connectivity index (χ0n) is 11.3. The van der Waals surface area contributed by atoms with Crippen molar-refractivity contribution in [1.82, 2.24) is 0 Å². The van der Waals surface area contributed by atoms with E-state index in [0.29, 0.717) is 18.3 Å². The SMILES string of the molecule is O=CCCC1C(CC=O)C2CC1C1C3C=CC(C3)C21. The third-order valence-corrected chi connectivity index (χ3v) is 6.75. The highest BCUT2D eigenvalue weighted by atomic mass is 16.1. The molecule has 4 rings (SSSR count). The van der Waals surface area contributed by atoms with Crippen LogP contribution in [-0.2, 0) is 9.59 Å². The molecule has 4 aliphatic rings. The Hall–Kier alpha value is -0.920. The van der Waals surface area contributed by atoms with Gasteiger partial charge in [0.05, 0.1) is 0 Å². The third kappa shape index (κ3) is 1.49. The van der Waals surface area contributed by atoms with Gasteiger partial charge in [-0.3, -0.25) is 0 Å². The van der Waals surface area contributed by atoms with Crippen molar-refractivity contribution in [2.24, 2.45) is 47.3 Å². The van der Waals surface area contributed by atoms with E-state index in [1.54, 1.807) is 0 Å². The number of fused-ring (bicyclic) bond motifs is 9. The molecule has 102 valence electrons. The fraction of sp³-hybridized carbons (Fsp3) is 0.765. The maximum atomic E-state index is 11.0. The average Bonchev–Trinajstić information content (AvgIpc) is 3.14. The van der Waals surface area contributed by atoms with Crippen molar-refractivity contribution in [3.63, 3.8) is 0 Å². The first-order valence-electron chi connectivity index (χ1n) is 7.90. The van der Waals surface area contributed by atoms with E-state index in [4.69, 9.17) is 0 Å². The van der Waals surface area contributed by atoms with Crippen LogP contribution in [0.1, 0.15) is 32.1 Å². The monoisotopic (exact) mass is 258 g/mol. The smallest absolute Gasteiger partial charge is 0.120 e. The molecule has 0 radical (unpaired) electrons. The molecule has 3 fully saturated rings. The molecule has 3 saturated carbocycles. The second-order valence-corrected chi connectivity index (χ2v) is 7.14. The average molecular weight is 258 g/mol. The second kappa shape index (κ2) is 4.29. The van der Waals surface area contributed by atoms with Crippen molar-refractivity contribution in [2.45, 2.75) is 32.1 Å². The maximum absolute atomic E-state index is 11.0. The van der Waals surface area contributed by atoms with Gasteiger partial charge in [-0.25, -0.2) is 0 Å². The molecule has 0 saturated heterocycles. The predicted molar refractivity (Wildman–Crippen MR) is 72.3 cm³/mol. The molecule has 4 bridgehead atoms. The van der Waals surface area contributed by atoms with Gasteiger partial charge < -0.3 is 9.59 Å². The second-order valence-electron chi connectivity index (χ2n) is 7.14. The minimum atomic E-state index is 0.580. The predicted octanol–water partition coefficient (Wildman–Crippen LogP) is 2.87. The summed E-state index contributed by atoms with van der Waals surface area (Å²) in [4.78, 5) is 21.7. The first kappa shape index (κ1) is 11.9. The summed E-state index contributed by atoms with van der Waals surface area (Å²) in [5.74, 6) is 6.20. The van der Waals surface area contributed by atoms with Crippen LogP contribution in [0.2, 0.25) is 0 Å². The van der Waals surface area contributed by atoms with Crippen molar-refractivity contribution in [3.05, 3.63) is 12.2 Å². The van der Waals surface area contributed by atoms with Crippen molar-refractivity contribution in [1.29, 1.82) is 0 Å². The molecule has 0 aromatic carbocycles.